The number of aromatic nitrogens is 2. The lowest BCUT2D eigenvalue weighted by Crippen LogP contribution is -1.92. The maximum absolute atomic E-state index is 5.97. The Labute approximate surface area is 133 Å². The van der Waals surface area contributed by atoms with Gasteiger partial charge >= 0.3 is 0 Å². The topological polar surface area (TPSA) is 38.9 Å². The summed E-state index contributed by atoms with van der Waals surface area (Å²) in [6, 6.07) is 7.72. The number of hydrogen-bond donors (Lipinski definition) is 0. The number of alkyl halides is 2. The third kappa shape index (κ3) is 3.27. The molecule has 0 aliphatic heterocycles. The van der Waals surface area contributed by atoms with Gasteiger partial charge in [0.05, 0.1) is 0 Å². The first-order chi connectivity index (χ1) is 9.04. The summed E-state index contributed by atoms with van der Waals surface area (Å²) in [4.78, 5) is 0. The lowest BCUT2D eigenvalue weighted by atomic mass is 10.2. The van der Waals surface area contributed by atoms with Crippen molar-refractivity contribution >= 4 is 50.9 Å². The minimum atomic E-state index is -0.554. The molecule has 1 aromatic carbocycles. The van der Waals surface area contributed by atoms with Crippen LogP contribution >= 0.6 is 50.9 Å². The van der Waals surface area contributed by atoms with Gasteiger partial charge in [0.1, 0.15) is 4.33 Å². The van der Waals surface area contributed by atoms with E-state index < -0.39 is 4.33 Å². The Balaban J connectivity index is 1.64. The van der Waals surface area contributed by atoms with Crippen LogP contribution in [-0.4, -0.2) is 20.3 Å². The van der Waals surface area contributed by atoms with Gasteiger partial charge in [-0.05, 0) is 30.7 Å². The highest BCUT2D eigenvalue weighted by Crippen LogP contribution is 2.54. The fourth-order valence-corrected chi connectivity index (χ4v) is 3.56. The molecular weight excluding hydrogens is 371 g/mol. The molecule has 1 atom stereocenters. The van der Waals surface area contributed by atoms with Crippen molar-refractivity contribution in [2.24, 2.45) is 5.92 Å². The zero-order chi connectivity index (χ0) is 13.5. The second-order valence-electron chi connectivity index (χ2n) is 4.35. The van der Waals surface area contributed by atoms with E-state index in [4.69, 9.17) is 27.6 Å². The maximum Gasteiger partial charge on any atom is 0.276 e. The number of hydrogen-bond acceptors (Lipinski definition) is 4. The Bertz CT molecular complexity index is 588. The quantitative estimate of drug-likeness (QED) is 0.565. The summed E-state index contributed by atoms with van der Waals surface area (Å²) in [6.07, 6.45) is 0.830. The van der Waals surface area contributed by atoms with Gasteiger partial charge in [-0.3, -0.25) is 0 Å². The van der Waals surface area contributed by atoms with Crippen LogP contribution in [0.2, 0.25) is 0 Å². The lowest BCUT2D eigenvalue weighted by Gasteiger charge is -1.96. The van der Waals surface area contributed by atoms with Gasteiger partial charge in [0.15, 0.2) is 0 Å². The van der Waals surface area contributed by atoms with Crippen molar-refractivity contribution in [1.29, 1.82) is 0 Å². The Morgan fingerprint density at radius 1 is 1.32 bits per heavy atom. The second-order valence-corrected chi connectivity index (χ2v) is 7.78. The molecule has 1 aromatic heterocycles. The van der Waals surface area contributed by atoms with E-state index in [9.17, 15) is 0 Å². The monoisotopic (exact) mass is 378 g/mol. The summed E-state index contributed by atoms with van der Waals surface area (Å²) in [6.45, 7) is 0. The van der Waals surface area contributed by atoms with Crippen molar-refractivity contribution in [1.82, 2.24) is 10.2 Å². The molecule has 1 aliphatic carbocycles. The van der Waals surface area contributed by atoms with E-state index in [0.29, 0.717) is 17.0 Å². The highest BCUT2D eigenvalue weighted by atomic mass is 79.9. The number of halogens is 3. The van der Waals surface area contributed by atoms with E-state index in [1.807, 2.05) is 24.3 Å². The highest BCUT2D eigenvalue weighted by molar-refractivity contribution is 9.10. The van der Waals surface area contributed by atoms with Crippen LogP contribution in [0.3, 0.4) is 0 Å². The van der Waals surface area contributed by atoms with E-state index in [1.54, 1.807) is 0 Å². The standard InChI is InChI=1S/C12H9BrCl2N2OS/c13-9-3-1-7(2-4-9)10-16-17-11(18-10)19-6-8-5-12(8,14)15/h1-4,8H,5-6H2/t8-/m0/s1. The summed E-state index contributed by atoms with van der Waals surface area (Å²) >= 11 is 16.8. The minimum Gasteiger partial charge on any atom is -0.411 e. The minimum absolute atomic E-state index is 0.309. The number of rotatable bonds is 4. The largest absolute Gasteiger partial charge is 0.411 e. The van der Waals surface area contributed by atoms with E-state index in [-0.39, 0.29) is 0 Å². The summed E-state index contributed by atoms with van der Waals surface area (Å²) in [5, 5.41) is 8.59. The molecule has 0 radical (unpaired) electrons. The Kier molecular flexibility index (Phi) is 3.82. The molecule has 19 heavy (non-hydrogen) atoms. The molecule has 0 amide bonds. The molecule has 0 bridgehead atoms. The predicted octanol–water partition coefficient (Wildman–Crippen LogP) is 4.79. The third-order valence-electron chi connectivity index (χ3n) is 2.86. The van der Waals surface area contributed by atoms with Gasteiger partial charge in [-0.15, -0.1) is 33.4 Å². The summed E-state index contributed by atoms with van der Waals surface area (Å²) in [5.74, 6) is 1.63. The first-order valence-electron chi connectivity index (χ1n) is 5.65. The van der Waals surface area contributed by atoms with Gasteiger partial charge in [-0.25, -0.2) is 0 Å². The summed E-state index contributed by atoms with van der Waals surface area (Å²) in [7, 11) is 0. The van der Waals surface area contributed by atoms with Crippen molar-refractivity contribution in [2.45, 2.75) is 16.0 Å². The third-order valence-corrected chi connectivity index (χ3v) is 5.30. The molecular formula is C12H9BrCl2N2OS. The fraction of sp³-hybridized carbons (Fsp3) is 0.333. The van der Waals surface area contributed by atoms with Crippen LogP contribution in [0.5, 0.6) is 0 Å². The number of nitrogens with zero attached hydrogens (tertiary/aromatic N) is 2. The van der Waals surface area contributed by atoms with E-state index in [1.165, 1.54) is 11.8 Å². The van der Waals surface area contributed by atoms with Crippen LogP contribution in [-0.2, 0) is 0 Å². The van der Waals surface area contributed by atoms with E-state index in [0.717, 1.165) is 22.2 Å². The smallest absolute Gasteiger partial charge is 0.276 e. The van der Waals surface area contributed by atoms with Crippen molar-refractivity contribution in [3.05, 3.63) is 28.7 Å². The molecule has 7 heteroatoms. The number of benzene rings is 1. The molecule has 1 aliphatic rings. The van der Waals surface area contributed by atoms with Gasteiger partial charge in [0.2, 0.25) is 5.89 Å². The molecule has 1 fully saturated rings. The molecule has 1 heterocycles. The summed E-state index contributed by atoms with van der Waals surface area (Å²) in [5.41, 5.74) is 0.901. The normalized spacial score (nSPS) is 20.5. The van der Waals surface area contributed by atoms with Crippen LogP contribution in [0.1, 0.15) is 6.42 Å². The van der Waals surface area contributed by atoms with Crippen molar-refractivity contribution < 1.29 is 4.42 Å². The molecule has 0 N–H and O–H groups in total. The van der Waals surface area contributed by atoms with Crippen LogP contribution in [0.25, 0.3) is 11.5 Å². The van der Waals surface area contributed by atoms with Crippen LogP contribution in [0.15, 0.2) is 38.4 Å². The van der Waals surface area contributed by atoms with Gasteiger partial charge < -0.3 is 4.42 Å². The molecule has 0 unspecified atom stereocenters. The van der Waals surface area contributed by atoms with Gasteiger partial charge in [0, 0.05) is 21.7 Å². The van der Waals surface area contributed by atoms with Crippen LogP contribution in [0, 0.1) is 5.92 Å². The predicted molar refractivity (Wildman–Crippen MR) is 80.7 cm³/mol. The number of thioether (sulfide) groups is 1. The van der Waals surface area contributed by atoms with Crippen LogP contribution < -0.4 is 0 Å². The van der Waals surface area contributed by atoms with Crippen LogP contribution in [0.4, 0.5) is 0 Å². The molecule has 0 spiro atoms. The maximum atomic E-state index is 5.97. The molecule has 1 saturated carbocycles. The first kappa shape index (κ1) is 13.7. The lowest BCUT2D eigenvalue weighted by molar-refractivity contribution is 0.465. The Morgan fingerprint density at radius 3 is 2.63 bits per heavy atom. The molecule has 3 nitrogen and oxygen atoms in total. The second kappa shape index (κ2) is 5.28. The average molecular weight is 380 g/mol. The molecule has 0 saturated heterocycles. The first-order valence-corrected chi connectivity index (χ1v) is 8.18. The molecule has 3 rings (SSSR count). The highest BCUT2D eigenvalue weighted by Gasteiger charge is 2.51. The molecule has 100 valence electrons. The van der Waals surface area contributed by atoms with Gasteiger partial charge in [-0.2, -0.15) is 0 Å². The van der Waals surface area contributed by atoms with Crippen molar-refractivity contribution in [3.8, 4) is 11.5 Å². The molecule has 2 aromatic rings. The van der Waals surface area contributed by atoms with E-state index in [2.05, 4.69) is 26.1 Å². The van der Waals surface area contributed by atoms with Crippen molar-refractivity contribution in [3.63, 3.8) is 0 Å². The summed E-state index contributed by atoms with van der Waals surface area (Å²) < 4.78 is 6.05. The Morgan fingerprint density at radius 2 is 2.00 bits per heavy atom. The zero-order valence-corrected chi connectivity index (χ0v) is 13.6. The fourth-order valence-electron chi connectivity index (χ4n) is 1.60. The van der Waals surface area contributed by atoms with Crippen molar-refractivity contribution in [2.75, 3.05) is 5.75 Å². The van der Waals surface area contributed by atoms with Gasteiger partial charge in [0.25, 0.3) is 5.22 Å². The zero-order valence-electron chi connectivity index (χ0n) is 9.65. The van der Waals surface area contributed by atoms with E-state index >= 15 is 0 Å². The average Bonchev–Trinajstić information content (AvgIpc) is 2.79. The SMILES string of the molecule is ClC1(Cl)C[C@H]1CSc1nnc(-c2ccc(Br)cc2)o1. The Hall–Kier alpha value is -0.230. The van der Waals surface area contributed by atoms with Gasteiger partial charge in [-0.1, -0.05) is 27.7 Å².